The summed E-state index contributed by atoms with van der Waals surface area (Å²) in [4.78, 5) is 27.8. The first-order valence-corrected chi connectivity index (χ1v) is 8.50. The normalized spacial score (nSPS) is 28.3. The molecule has 0 aliphatic carbocycles. The minimum Gasteiger partial charge on any atom is -0.403 e. The summed E-state index contributed by atoms with van der Waals surface area (Å²) in [6.07, 6.45) is 3.92. The Bertz CT molecular complexity index is 680. The minimum absolute atomic E-state index is 0.202. The largest absolute Gasteiger partial charge is 0.403 e. The molecule has 1 aromatic heterocycles. The maximum atomic E-state index is 12.0. The quantitative estimate of drug-likeness (QED) is 0.647. The van der Waals surface area contributed by atoms with Gasteiger partial charge in [-0.25, -0.2) is 14.5 Å². The fourth-order valence-electron chi connectivity index (χ4n) is 3.43. The highest BCUT2D eigenvalue weighted by atomic mass is 79.9. The van der Waals surface area contributed by atoms with Crippen molar-refractivity contribution < 1.29 is 19.1 Å². The lowest BCUT2D eigenvalue weighted by Crippen LogP contribution is -2.58. The number of anilines is 1. The van der Waals surface area contributed by atoms with Crippen LogP contribution in [0.25, 0.3) is 0 Å². The second-order valence-corrected chi connectivity index (χ2v) is 6.76. The molecule has 0 aromatic carbocycles. The van der Waals surface area contributed by atoms with Gasteiger partial charge >= 0.3 is 17.8 Å². The average molecular weight is 395 g/mol. The van der Waals surface area contributed by atoms with Crippen molar-refractivity contribution in [1.29, 1.82) is 0 Å². The fourth-order valence-corrected chi connectivity index (χ4v) is 3.64. The summed E-state index contributed by atoms with van der Waals surface area (Å²) >= 11 is 3.27. The van der Waals surface area contributed by atoms with Crippen LogP contribution in [0.15, 0.2) is 28.9 Å². The predicted molar refractivity (Wildman–Crippen MR) is 85.7 cm³/mol. The molecule has 3 saturated heterocycles. The Morgan fingerprint density at radius 3 is 2.33 bits per heavy atom. The molecule has 126 valence electrons. The molecular formula is C15H15BrN4O4. The molecule has 9 heteroatoms. The van der Waals surface area contributed by atoms with Gasteiger partial charge in [-0.05, 0) is 40.9 Å². The van der Waals surface area contributed by atoms with Gasteiger partial charge in [0.1, 0.15) is 11.1 Å². The van der Waals surface area contributed by atoms with E-state index >= 15 is 0 Å². The Labute approximate surface area is 146 Å². The molecule has 1 spiro atoms. The lowest BCUT2D eigenvalue weighted by molar-refractivity contribution is -0.274. The number of esters is 2. The van der Waals surface area contributed by atoms with Gasteiger partial charge in [0.15, 0.2) is 5.82 Å². The molecule has 5 heterocycles. The maximum Gasteiger partial charge on any atom is 0.339 e. The van der Waals surface area contributed by atoms with Crippen LogP contribution in [0, 0.1) is 0 Å². The molecular weight excluding hydrogens is 380 g/mol. The monoisotopic (exact) mass is 394 g/mol. The molecule has 0 amide bonds. The number of hydrogen-bond acceptors (Lipinski definition) is 8. The molecule has 0 saturated carbocycles. The van der Waals surface area contributed by atoms with E-state index in [9.17, 15) is 9.59 Å². The second kappa shape index (κ2) is 5.82. The highest BCUT2D eigenvalue weighted by molar-refractivity contribution is 9.10. The van der Waals surface area contributed by atoms with Crippen LogP contribution in [-0.2, 0) is 19.1 Å². The van der Waals surface area contributed by atoms with E-state index in [-0.39, 0.29) is 12.6 Å². The van der Waals surface area contributed by atoms with Crippen molar-refractivity contribution in [2.75, 3.05) is 24.5 Å². The lowest BCUT2D eigenvalue weighted by atomic mass is 10.1. The number of hydrogen-bond donors (Lipinski definition) is 0. The number of rotatable bonds is 1. The van der Waals surface area contributed by atoms with Crippen LogP contribution in [0.4, 0.5) is 5.82 Å². The molecule has 0 radical (unpaired) electrons. The summed E-state index contributed by atoms with van der Waals surface area (Å²) in [7, 11) is 0. The van der Waals surface area contributed by atoms with E-state index in [2.05, 4.69) is 26.1 Å². The Kier molecular flexibility index (Phi) is 3.76. The molecule has 2 bridgehead atoms. The molecule has 4 aliphatic heterocycles. The van der Waals surface area contributed by atoms with Crippen LogP contribution >= 0.6 is 15.9 Å². The van der Waals surface area contributed by atoms with Gasteiger partial charge in [0.2, 0.25) is 0 Å². The van der Waals surface area contributed by atoms with Crippen molar-refractivity contribution in [3.8, 4) is 0 Å². The lowest BCUT2D eigenvalue weighted by Gasteiger charge is -2.39. The first-order valence-electron chi connectivity index (χ1n) is 7.71. The van der Waals surface area contributed by atoms with E-state index in [1.807, 2.05) is 15.9 Å². The van der Waals surface area contributed by atoms with Gasteiger partial charge in [0.25, 0.3) is 0 Å². The Morgan fingerprint density at radius 1 is 1.08 bits per heavy atom. The van der Waals surface area contributed by atoms with Gasteiger partial charge in [-0.2, -0.15) is 0 Å². The number of nitrogens with zero attached hydrogens (tertiary/aromatic N) is 4. The Morgan fingerprint density at radius 2 is 1.75 bits per heavy atom. The topological polar surface area (TPSA) is 84.9 Å². The van der Waals surface area contributed by atoms with Crippen LogP contribution in [0.5, 0.6) is 0 Å². The number of halogens is 1. The zero-order chi connectivity index (χ0) is 16.7. The summed E-state index contributed by atoms with van der Waals surface area (Å²) in [6.45, 7) is 1.55. The third-order valence-electron chi connectivity index (χ3n) is 4.55. The number of piperidine rings is 1. The van der Waals surface area contributed by atoms with E-state index in [1.165, 1.54) is 0 Å². The Hall–Kier alpha value is -2.00. The number of aromatic nitrogens is 2. The average Bonchev–Trinajstić information content (AvgIpc) is 2.88. The maximum absolute atomic E-state index is 12.0. The zero-order valence-corrected chi connectivity index (χ0v) is 14.3. The van der Waals surface area contributed by atoms with Crippen molar-refractivity contribution in [3.63, 3.8) is 0 Å². The summed E-state index contributed by atoms with van der Waals surface area (Å²) in [6, 6.07) is 3.88. The van der Waals surface area contributed by atoms with Crippen molar-refractivity contribution in [1.82, 2.24) is 15.1 Å². The Balaban J connectivity index is 1.73. The summed E-state index contributed by atoms with van der Waals surface area (Å²) in [5.41, 5.74) is 0. The third-order valence-corrected chi connectivity index (χ3v) is 4.97. The standard InChI is InChI=1S/C15H15BrN4O4/c16-11-1-2-12(18-17-11)20-9-15(19-7-5-10(20)6-8-19)23-13(21)3-4-14(22)24-15/h1-4,10H,5-9H2. The molecule has 3 fully saturated rings. The highest BCUT2D eigenvalue weighted by Crippen LogP contribution is 2.36. The van der Waals surface area contributed by atoms with Gasteiger partial charge in [0, 0.05) is 31.3 Å². The second-order valence-electron chi connectivity index (χ2n) is 5.95. The van der Waals surface area contributed by atoms with E-state index in [0.717, 1.165) is 25.0 Å². The van der Waals surface area contributed by atoms with Gasteiger partial charge in [-0.3, -0.25) is 0 Å². The van der Waals surface area contributed by atoms with Crippen molar-refractivity contribution in [3.05, 3.63) is 28.9 Å². The summed E-state index contributed by atoms with van der Waals surface area (Å²) < 4.78 is 11.7. The number of fused-ring (bicyclic) bond motifs is 3. The minimum atomic E-state index is -1.43. The highest BCUT2D eigenvalue weighted by Gasteiger charge is 2.52. The van der Waals surface area contributed by atoms with Crippen LogP contribution < -0.4 is 4.90 Å². The first-order chi connectivity index (χ1) is 11.6. The van der Waals surface area contributed by atoms with Gasteiger partial charge in [0.05, 0.1) is 0 Å². The molecule has 0 N–H and O–H groups in total. The van der Waals surface area contributed by atoms with Crippen molar-refractivity contribution in [2.45, 2.75) is 24.8 Å². The van der Waals surface area contributed by atoms with Gasteiger partial charge < -0.3 is 14.4 Å². The van der Waals surface area contributed by atoms with Crippen LogP contribution in [0.2, 0.25) is 0 Å². The van der Waals surface area contributed by atoms with E-state index in [4.69, 9.17) is 9.47 Å². The van der Waals surface area contributed by atoms with E-state index in [0.29, 0.717) is 23.5 Å². The zero-order valence-electron chi connectivity index (χ0n) is 12.7. The van der Waals surface area contributed by atoms with Gasteiger partial charge in [-0.15, -0.1) is 10.2 Å². The van der Waals surface area contributed by atoms with E-state index < -0.39 is 17.8 Å². The number of ether oxygens (including phenoxy) is 2. The molecule has 8 nitrogen and oxygen atoms in total. The fraction of sp³-hybridized carbons (Fsp3) is 0.467. The molecule has 4 aliphatic rings. The van der Waals surface area contributed by atoms with Crippen molar-refractivity contribution >= 4 is 33.7 Å². The summed E-state index contributed by atoms with van der Waals surface area (Å²) in [5, 5.41) is 8.25. The number of carbonyl (C=O) groups excluding carboxylic acids is 2. The molecule has 0 unspecified atom stereocenters. The van der Waals surface area contributed by atoms with Crippen LogP contribution in [-0.4, -0.2) is 58.6 Å². The van der Waals surface area contributed by atoms with Crippen LogP contribution in [0.1, 0.15) is 12.8 Å². The van der Waals surface area contributed by atoms with E-state index in [1.54, 1.807) is 6.07 Å². The SMILES string of the molecule is O=C1C=CC(=O)OC2(CN(c3ccc(Br)nn3)C3CCN2CC3)O1. The number of carbonyl (C=O) groups is 2. The molecule has 24 heavy (non-hydrogen) atoms. The molecule has 0 atom stereocenters. The molecule has 1 aromatic rings. The van der Waals surface area contributed by atoms with Crippen molar-refractivity contribution in [2.24, 2.45) is 0 Å². The first kappa shape index (κ1) is 15.5. The van der Waals surface area contributed by atoms with Crippen LogP contribution in [0.3, 0.4) is 0 Å². The third kappa shape index (κ3) is 2.67. The molecule has 5 rings (SSSR count). The summed E-state index contributed by atoms with van der Waals surface area (Å²) in [5.74, 6) is -1.95. The van der Waals surface area contributed by atoms with Gasteiger partial charge in [-0.1, -0.05) is 0 Å². The smallest absolute Gasteiger partial charge is 0.339 e. The predicted octanol–water partition coefficient (Wildman–Crippen LogP) is 0.833.